The minimum atomic E-state index is 0.0479. The van der Waals surface area contributed by atoms with Crippen molar-refractivity contribution in [2.45, 2.75) is 40.0 Å². The van der Waals surface area contributed by atoms with Crippen LogP contribution >= 0.6 is 0 Å². The quantitative estimate of drug-likeness (QED) is 0.787. The summed E-state index contributed by atoms with van der Waals surface area (Å²) in [6, 6.07) is 14.5. The molecular formula is C20H26N2O. The van der Waals surface area contributed by atoms with Gasteiger partial charge in [-0.1, -0.05) is 44.2 Å². The van der Waals surface area contributed by atoms with Crippen molar-refractivity contribution >= 4 is 17.3 Å². The Morgan fingerprint density at radius 2 is 1.74 bits per heavy atom. The third kappa shape index (κ3) is 4.85. The van der Waals surface area contributed by atoms with Gasteiger partial charge in [-0.3, -0.25) is 4.79 Å². The van der Waals surface area contributed by atoms with E-state index in [0.717, 1.165) is 29.8 Å². The summed E-state index contributed by atoms with van der Waals surface area (Å²) in [4.78, 5) is 12.2. The first-order chi connectivity index (χ1) is 11.1. The van der Waals surface area contributed by atoms with Crippen LogP contribution in [0.1, 0.15) is 37.0 Å². The maximum Gasteiger partial charge on any atom is 0.226 e. The minimum absolute atomic E-state index is 0.0479. The molecule has 0 spiro atoms. The van der Waals surface area contributed by atoms with Gasteiger partial charge in [-0.25, -0.2) is 0 Å². The number of rotatable bonds is 7. The Kier molecular flexibility index (Phi) is 6.21. The van der Waals surface area contributed by atoms with Crippen LogP contribution in [0.2, 0.25) is 0 Å². The molecule has 0 saturated heterocycles. The number of para-hydroxylation sites is 1. The number of carbonyl (C=O) groups is 1. The summed E-state index contributed by atoms with van der Waals surface area (Å²) in [5, 5.41) is 6.35. The largest absolute Gasteiger partial charge is 0.385 e. The summed E-state index contributed by atoms with van der Waals surface area (Å²) in [5.41, 5.74) is 5.63. The van der Waals surface area contributed by atoms with E-state index in [4.69, 9.17) is 0 Å². The molecule has 0 atom stereocenters. The molecule has 0 saturated carbocycles. The molecule has 0 radical (unpaired) electrons. The van der Waals surface area contributed by atoms with Gasteiger partial charge < -0.3 is 10.6 Å². The number of hydrogen-bond acceptors (Lipinski definition) is 2. The molecule has 0 aliphatic heterocycles. The lowest BCUT2D eigenvalue weighted by Gasteiger charge is -2.13. The summed E-state index contributed by atoms with van der Waals surface area (Å²) in [7, 11) is 0. The number of anilines is 2. The molecule has 122 valence electrons. The highest BCUT2D eigenvalue weighted by Gasteiger charge is 2.08. The van der Waals surface area contributed by atoms with Gasteiger partial charge in [0.05, 0.1) is 0 Å². The molecule has 0 fully saturated rings. The fraction of sp³-hybridized carbons (Fsp3) is 0.350. The predicted octanol–water partition coefficient (Wildman–Crippen LogP) is 4.56. The molecule has 3 nitrogen and oxygen atoms in total. The monoisotopic (exact) mass is 310 g/mol. The number of benzene rings is 2. The zero-order valence-corrected chi connectivity index (χ0v) is 14.3. The second-order valence-corrected chi connectivity index (χ2v) is 5.74. The van der Waals surface area contributed by atoms with E-state index in [1.807, 2.05) is 19.1 Å². The summed E-state index contributed by atoms with van der Waals surface area (Å²) in [6.45, 7) is 6.90. The molecule has 3 heteroatoms. The average Bonchev–Trinajstić information content (AvgIpc) is 2.57. The lowest BCUT2D eigenvalue weighted by atomic mass is 10.1. The van der Waals surface area contributed by atoms with E-state index in [2.05, 4.69) is 54.8 Å². The molecule has 2 aromatic carbocycles. The highest BCUT2D eigenvalue weighted by atomic mass is 16.1. The molecule has 2 rings (SSSR count). The van der Waals surface area contributed by atoms with Crippen LogP contribution in [0, 0.1) is 6.92 Å². The molecule has 0 bridgehead atoms. The van der Waals surface area contributed by atoms with Crippen LogP contribution in [0.25, 0.3) is 0 Å². The Morgan fingerprint density at radius 3 is 2.39 bits per heavy atom. The van der Waals surface area contributed by atoms with Crippen molar-refractivity contribution < 1.29 is 4.79 Å². The molecule has 0 aliphatic rings. The van der Waals surface area contributed by atoms with Crippen molar-refractivity contribution in [1.29, 1.82) is 0 Å². The third-order valence-corrected chi connectivity index (χ3v) is 4.05. The molecule has 23 heavy (non-hydrogen) atoms. The van der Waals surface area contributed by atoms with Crippen molar-refractivity contribution in [3.8, 4) is 0 Å². The Bertz CT molecular complexity index is 647. The number of carbonyl (C=O) groups excluding carboxylic acids is 1. The van der Waals surface area contributed by atoms with Gasteiger partial charge in [0.15, 0.2) is 0 Å². The average molecular weight is 310 g/mol. The van der Waals surface area contributed by atoms with Gasteiger partial charge in [-0.05, 0) is 48.6 Å². The van der Waals surface area contributed by atoms with E-state index in [9.17, 15) is 4.79 Å². The van der Waals surface area contributed by atoms with Crippen molar-refractivity contribution in [2.24, 2.45) is 0 Å². The summed E-state index contributed by atoms with van der Waals surface area (Å²) in [6.07, 6.45) is 2.41. The maximum absolute atomic E-state index is 12.2. The molecule has 0 aliphatic carbocycles. The lowest BCUT2D eigenvalue weighted by Crippen LogP contribution is -2.17. The van der Waals surface area contributed by atoms with Gasteiger partial charge in [0.25, 0.3) is 0 Å². The van der Waals surface area contributed by atoms with E-state index in [0.29, 0.717) is 13.0 Å². The fourth-order valence-electron chi connectivity index (χ4n) is 2.58. The lowest BCUT2D eigenvalue weighted by molar-refractivity contribution is -0.115. The normalized spacial score (nSPS) is 10.4. The topological polar surface area (TPSA) is 41.1 Å². The van der Waals surface area contributed by atoms with Gasteiger partial charge in [0.2, 0.25) is 5.91 Å². The van der Waals surface area contributed by atoms with Crippen molar-refractivity contribution in [1.82, 2.24) is 0 Å². The molecular weight excluding hydrogens is 284 g/mol. The molecule has 0 heterocycles. The molecule has 1 amide bonds. The van der Waals surface area contributed by atoms with E-state index >= 15 is 0 Å². The van der Waals surface area contributed by atoms with Crippen LogP contribution in [0.4, 0.5) is 11.4 Å². The smallest absolute Gasteiger partial charge is 0.226 e. The first kappa shape index (κ1) is 17.1. The summed E-state index contributed by atoms with van der Waals surface area (Å²) >= 11 is 0. The number of amides is 1. The van der Waals surface area contributed by atoms with E-state index in [1.165, 1.54) is 11.1 Å². The van der Waals surface area contributed by atoms with Gasteiger partial charge in [-0.2, -0.15) is 0 Å². The van der Waals surface area contributed by atoms with Crippen molar-refractivity contribution in [2.75, 3.05) is 17.2 Å². The molecule has 2 aromatic rings. The molecule has 2 N–H and O–H groups in total. The fourth-order valence-corrected chi connectivity index (χ4v) is 2.58. The van der Waals surface area contributed by atoms with Crippen molar-refractivity contribution in [3.63, 3.8) is 0 Å². The Hall–Kier alpha value is -2.29. The van der Waals surface area contributed by atoms with Gasteiger partial charge in [-0.15, -0.1) is 0 Å². The highest BCUT2D eigenvalue weighted by Crippen LogP contribution is 2.21. The van der Waals surface area contributed by atoms with E-state index < -0.39 is 0 Å². The van der Waals surface area contributed by atoms with Gasteiger partial charge >= 0.3 is 0 Å². The zero-order valence-electron chi connectivity index (χ0n) is 14.3. The summed E-state index contributed by atoms with van der Waals surface area (Å²) in [5.74, 6) is 0.0479. The van der Waals surface area contributed by atoms with Crippen molar-refractivity contribution in [3.05, 3.63) is 59.2 Å². The second kappa shape index (κ2) is 8.37. The number of aryl methyl sites for hydroxylation is 3. The predicted molar refractivity (Wildman–Crippen MR) is 98.1 cm³/mol. The van der Waals surface area contributed by atoms with E-state index in [1.54, 1.807) is 0 Å². The van der Waals surface area contributed by atoms with Gasteiger partial charge in [0.1, 0.15) is 0 Å². The Morgan fingerprint density at radius 1 is 1.00 bits per heavy atom. The SMILES string of the molecule is CCc1ccc(NCCC(=O)Nc2c(C)cccc2CC)cc1. The first-order valence-corrected chi connectivity index (χ1v) is 8.35. The van der Waals surface area contributed by atoms with Crippen LogP contribution in [-0.2, 0) is 17.6 Å². The molecule has 0 unspecified atom stereocenters. The van der Waals surface area contributed by atoms with E-state index in [-0.39, 0.29) is 5.91 Å². The zero-order chi connectivity index (χ0) is 16.7. The standard InChI is InChI=1S/C20H26N2O/c1-4-16-9-11-18(12-10-16)21-14-13-19(23)22-20-15(3)7-6-8-17(20)5-2/h6-12,21H,4-5,13-14H2,1-3H3,(H,22,23). The number of hydrogen-bond donors (Lipinski definition) is 2. The Labute approximate surface area is 139 Å². The van der Waals surface area contributed by atoms with Crippen LogP contribution in [-0.4, -0.2) is 12.5 Å². The molecule has 0 aromatic heterocycles. The van der Waals surface area contributed by atoms with Gasteiger partial charge in [0, 0.05) is 24.3 Å². The van der Waals surface area contributed by atoms with Crippen LogP contribution in [0.15, 0.2) is 42.5 Å². The first-order valence-electron chi connectivity index (χ1n) is 8.35. The highest BCUT2D eigenvalue weighted by molar-refractivity contribution is 5.92. The van der Waals surface area contributed by atoms with Crippen LogP contribution in [0.5, 0.6) is 0 Å². The number of nitrogens with one attached hydrogen (secondary N) is 2. The summed E-state index contributed by atoms with van der Waals surface area (Å²) < 4.78 is 0. The maximum atomic E-state index is 12.2. The Balaban J connectivity index is 1.85. The van der Waals surface area contributed by atoms with Crippen LogP contribution in [0.3, 0.4) is 0 Å². The van der Waals surface area contributed by atoms with Crippen LogP contribution < -0.4 is 10.6 Å². The minimum Gasteiger partial charge on any atom is -0.385 e. The second-order valence-electron chi connectivity index (χ2n) is 5.74. The third-order valence-electron chi connectivity index (χ3n) is 4.05.